The lowest BCUT2D eigenvalue weighted by Crippen LogP contribution is -2.42. The first-order valence-corrected chi connectivity index (χ1v) is 12.3. The minimum Gasteiger partial charge on any atom is -0.350 e. The van der Waals surface area contributed by atoms with Crippen LogP contribution < -0.4 is 10.2 Å². The molecule has 2 fully saturated rings. The smallest absolute Gasteiger partial charge is 0.232 e. The summed E-state index contributed by atoms with van der Waals surface area (Å²) in [5, 5.41) is 8.57. The lowest BCUT2D eigenvalue weighted by atomic mass is 9.93. The summed E-state index contributed by atoms with van der Waals surface area (Å²) in [6.45, 7) is 3.93. The van der Waals surface area contributed by atoms with Crippen LogP contribution in [0.1, 0.15) is 36.9 Å². The summed E-state index contributed by atoms with van der Waals surface area (Å²) >= 11 is 0. The molecule has 0 radical (unpaired) electrons. The second kappa shape index (κ2) is 8.59. The van der Waals surface area contributed by atoms with Crippen molar-refractivity contribution in [1.29, 1.82) is 0 Å². The van der Waals surface area contributed by atoms with Crippen molar-refractivity contribution in [3.63, 3.8) is 0 Å². The highest BCUT2D eigenvalue weighted by atomic mass is 19.1. The molecule has 2 amide bonds. The Bertz CT molecular complexity index is 1470. The molecule has 2 aliphatic rings. The van der Waals surface area contributed by atoms with E-state index in [2.05, 4.69) is 16.5 Å². The van der Waals surface area contributed by atoms with Gasteiger partial charge in [0.05, 0.1) is 35.4 Å². The van der Waals surface area contributed by atoms with Crippen molar-refractivity contribution in [3.8, 4) is 5.69 Å². The fourth-order valence-electron chi connectivity index (χ4n) is 5.23. The van der Waals surface area contributed by atoms with Gasteiger partial charge in [-0.3, -0.25) is 9.59 Å². The monoisotopic (exact) mass is 482 g/mol. The lowest BCUT2D eigenvalue weighted by Gasteiger charge is -2.30. The third kappa shape index (κ3) is 3.85. The quantitative estimate of drug-likeness (QED) is 0.431. The van der Waals surface area contributed by atoms with Crippen LogP contribution >= 0.6 is 0 Å². The predicted octanol–water partition coefficient (Wildman–Crippen LogP) is 5.09. The van der Waals surface area contributed by atoms with Gasteiger partial charge in [-0.15, -0.1) is 0 Å². The van der Waals surface area contributed by atoms with Gasteiger partial charge < -0.3 is 10.2 Å². The van der Waals surface area contributed by atoms with E-state index in [0.717, 1.165) is 46.2 Å². The highest BCUT2D eigenvalue weighted by Gasteiger charge is 2.48. The molecular weight excluding hydrogens is 455 g/mol. The molecule has 182 valence electrons. The molecule has 1 N–H and O–H groups in total. The van der Waals surface area contributed by atoms with Crippen molar-refractivity contribution in [1.82, 2.24) is 15.1 Å². The topological polar surface area (TPSA) is 67.2 Å². The zero-order valence-electron chi connectivity index (χ0n) is 20.2. The van der Waals surface area contributed by atoms with Crippen molar-refractivity contribution in [3.05, 3.63) is 89.9 Å². The van der Waals surface area contributed by atoms with Gasteiger partial charge in [0, 0.05) is 17.0 Å². The van der Waals surface area contributed by atoms with E-state index in [-0.39, 0.29) is 41.6 Å². The number of benzene rings is 3. The molecule has 4 aromatic rings. The summed E-state index contributed by atoms with van der Waals surface area (Å²) in [5.74, 6) is -0.586. The molecule has 3 aromatic carbocycles. The maximum Gasteiger partial charge on any atom is 0.232 e. The molecule has 1 saturated heterocycles. The molecule has 3 atom stereocenters. The van der Waals surface area contributed by atoms with Crippen LogP contribution in [0.15, 0.2) is 72.9 Å². The number of carbonyl (C=O) groups excluding carboxylic acids is 2. The van der Waals surface area contributed by atoms with Crippen LogP contribution in [0.25, 0.3) is 16.6 Å². The van der Waals surface area contributed by atoms with Gasteiger partial charge in [-0.1, -0.05) is 36.8 Å². The van der Waals surface area contributed by atoms with Gasteiger partial charge in [0.25, 0.3) is 0 Å². The van der Waals surface area contributed by atoms with Crippen LogP contribution in [0, 0.1) is 24.6 Å². The molecule has 0 bridgehead atoms. The zero-order chi connectivity index (χ0) is 25.0. The molecule has 7 heteroatoms. The normalized spacial score (nSPS) is 21.8. The van der Waals surface area contributed by atoms with Crippen LogP contribution in [0.3, 0.4) is 0 Å². The van der Waals surface area contributed by atoms with Crippen LogP contribution in [0.4, 0.5) is 10.1 Å². The summed E-state index contributed by atoms with van der Waals surface area (Å²) in [5.41, 5.74) is 4.47. The number of nitrogens with one attached hydrogen (secondary N) is 1. The second-order valence-corrected chi connectivity index (χ2v) is 9.94. The molecule has 1 saturated carbocycles. The highest BCUT2D eigenvalue weighted by Crippen LogP contribution is 2.42. The Morgan fingerprint density at radius 3 is 2.50 bits per heavy atom. The first-order valence-electron chi connectivity index (χ1n) is 12.3. The van der Waals surface area contributed by atoms with Gasteiger partial charge in [0.2, 0.25) is 11.8 Å². The van der Waals surface area contributed by atoms with Gasteiger partial charge in [-0.05, 0) is 67.8 Å². The number of amides is 2. The summed E-state index contributed by atoms with van der Waals surface area (Å²) < 4.78 is 15.2. The largest absolute Gasteiger partial charge is 0.350 e. The molecule has 1 aliphatic carbocycles. The maximum atomic E-state index is 13.7. The lowest BCUT2D eigenvalue weighted by molar-refractivity contribution is -0.123. The summed E-state index contributed by atoms with van der Waals surface area (Å²) in [7, 11) is 0. The number of hydrogen-bond donors (Lipinski definition) is 1. The van der Waals surface area contributed by atoms with Crippen molar-refractivity contribution in [2.75, 3.05) is 4.90 Å². The molecule has 1 aliphatic heterocycles. The van der Waals surface area contributed by atoms with Crippen LogP contribution in [0.2, 0.25) is 0 Å². The summed E-state index contributed by atoms with van der Waals surface area (Å²) in [6.07, 6.45) is 3.57. The van der Waals surface area contributed by atoms with E-state index in [1.807, 2.05) is 55.1 Å². The molecule has 6 rings (SSSR count). The molecule has 0 spiro atoms. The standard InChI is InChI=1S/C29H27FN4O2/c1-17-4-3-5-20(14-17)27-26(32-28(35)19-6-7-19)18(2)29(36)33(27)24-12-13-25-21(15-24)16-31-34(25)23-10-8-22(30)9-11-23/h3-5,8-16,18-19,26-27H,6-7H2,1-2H3,(H,32,35). The van der Waals surface area contributed by atoms with Crippen molar-refractivity contribution in [2.24, 2.45) is 11.8 Å². The number of fused-ring (bicyclic) bond motifs is 1. The predicted molar refractivity (Wildman–Crippen MR) is 136 cm³/mol. The number of rotatable bonds is 5. The highest BCUT2D eigenvalue weighted by molar-refractivity contribution is 6.01. The summed E-state index contributed by atoms with van der Waals surface area (Å²) in [6, 6.07) is 19.5. The molecule has 3 unspecified atom stereocenters. The first-order chi connectivity index (χ1) is 17.4. The van der Waals surface area contributed by atoms with E-state index in [1.165, 1.54) is 12.1 Å². The van der Waals surface area contributed by atoms with Gasteiger partial charge in [0.1, 0.15) is 5.82 Å². The molecule has 6 nitrogen and oxygen atoms in total. The molecule has 1 aromatic heterocycles. The summed E-state index contributed by atoms with van der Waals surface area (Å²) in [4.78, 5) is 28.2. The molecule has 36 heavy (non-hydrogen) atoms. The average molecular weight is 483 g/mol. The van der Waals surface area contributed by atoms with Crippen molar-refractivity contribution in [2.45, 2.75) is 38.8 Å². The first kappa shape index (κ1) is 22.5. The Balaban J connectivity index is 1.41. The number of aromatic nitrogens is 2. The van der Waals surface area contributed by atoms with Gasteiger partial charge in [-0.25, -0.2) is 9.07 Å². The van der Waals surface area contributed by atoms with Gasteiger partial charge in [0.15, 0.2) is 0 Å². The minimum absolute atomic E-state index is 0.0205. The Morgan fingerprint density at radius 2 is 1.78 bits per heavy atom. The number of aryl methyl sites for hydroxylation is 1. The fraction of sp³-hybridized carbons (Fsp3) is 0.276. The SMILES string of the molecule is Cc1cccc(C2C(NC(=O)C3CC3)C(C)C(=O)N2c2ccc3c(cnn3-c3ccc(F)cc3)c2)c1. The van der Waals surface area contributed by atoms with Gasteiger partial charge >= 0.3 is 0 Å². The Hall–Kier alpha value is -4.00. The maximum absolute atomic E-state index is 13.7. The van der Waals surface area contributed by atoms with Crippen LogP contribution in [-0.2, 0) is 9.59 Å². The Labute approximate surface area is 208 Å². The van der Waals surface area contributed by atoms with Crippen LogP contribution in [-0.4, -0.2) is 27.6 Å². The third-order valence-corrected chi connectivity index (χ3v) is 7.33. The number of carbonyl (C=O) groups is 2. The average Bonchev–Trinajstić information content (AvgIpc) is 3.60. The number of nitrogens with zero attached hydrogens (tertiary/aromatic N) is 3. The number of hydrogen-bond acceptors (Lipinski definition) is 3. The Kier molecular flexibility index (Phi) is 5.36. The Morgan fingerprint density at radius 1 is 1.03 bits per heavy atom. The van der Waals surface area contributed by atoms with E-state index in [9.17, 15) is 14.0 Å². The fourth-order valence-corrected chi connectivity index (χ4v) is 5.23. The number of anilines is 1. The number of halogens is 1. The van der Waals surface area contributed by atoms with E-state index < -0.39 is 0 Å². The van der Waals surface area contributed by atoms with E-state index >= 15 is 0 Å². The molecule has 2 heterocycles. The van der Waals surface area contributed by atoms with E-state index in [0.29, 0.717) is 0 Å². The van der Waals surface area contributed by atoms with Crippen LogP contribution in [0.5, 0.6) is 0 Å². The molecular formula is C29H27FN4O2. The van der Waals surface area contributed by atoms with Crippen molar-refractivity contribution >= 4 is 28.4 Å². The second-order valence-electron chi connectivity index (χ2n) is 9.94. The minimum atomic E-state index is -0.365. The van der Waals surface area contributed by atoms with Gasteiger partial charge in [-0.2, -0.15) is 5.10 Å². The van der Waals surface area contributed by atoms with E-state index in [4.69, 9.17) is 0 Å². The third-order valence-electron chi connectivity index (χ3n) is 7.33. The zero-order valence-corrected chi connectivity index (χ0v) is 20.2. The van der Waals surface area contributed by atoms with E-state index in [1.54, 1.807) is 23.0 Å². The van der Waals surface area contributed by atoms with Crippen molar-refractivity contribution < 1.29 is 14.0 Å².